The number of allylic oxidation sites excluding steroid dienone is 12. The average Bonchev–Trinajstić information content (AvgIpc) is 3.83. The Balaban J connectivity index is -0.000000206. The number of benzene rings is 1. The highest BCUT2D eigenvalue weighted by Gasteiger charge is 2.06. The Morgan fingerprint density at radius 2 is 1.10 bits per heavy atom. The molecule has 1 aromatic carbocycles. The summed E-state index contributed by atoms with van der Waals surface area (Å²) in [6, 6.07) is 10.5. The van der Waals surface area contributed by atoms with Gasteiger partial charge in [-0.3, -0.25) is 0 Å². The van der Waals surface area contributed by atoms with Crippen LogP contribution in [0.3, 0.4) is 0 Å². The summed E-state index contributed by atoms with van der Waals surface area (Å²) < 4.78 is 0. The van der Waals surface area contributed by atoms with Gasteiger partial charge in [-0.05, 0) is 53.6 Å². The van der Waals surface area contributed by atoms with Crippen molar-refractivity contribution in [2.24, 2.45) is 23.7 Å². The van der Waals surface area contributed by atoms with Crippen LogP contribution in [0.1, 0.15) is 135 Å². The molecule has 0 unspecified atom stereocenters. The fraction of sp³-hybridized carbons (Fsp3) is 0.561. The second kappa shape index (κ2) is 33.9. The van der Waals surface area contributed by atoms with Crippen LogP contribution in [0, 0.1) is 23.7 Å². The van der Waals surface area contributed by atoms with Crippen LogP contribution in [0.15, 0.2) is 102 Å². The molecule has 0 fully saturated rings. The van der Waals surface area contributed by atoms with Gasteiger partial charge in [0.25, 0.3) is 0 Å². The molecule has 0 bridgehead atoms. The van der Waals surface area contributed by atoms with Crippen molar-refractivity contribution in [3.05, 3.63) is 108 Å². The van der Waals surface area contributed by atoms with Crippen molar-refractivity contribution in [2.45, 2.75) is 130 Å². The van der Waals surface area contributed by atoms with Crippen molar-refractivity contribution in [1.82, 2.24) is 0 Å². The molecule has 0 N–H and O–H groups in total. The average molecular weight is 565 g/mol. The minimum absolute atomic E-state index is 0.659. The first-order valence-corrected chi connectivity index (χ1v) is 16.8. The van der Waals surface area contributed by atoms with Gasteiger partial charge in [0.2, 0.25) is 0 Å². The van der Waals surface area contributed by atoms with E-state index in [1.54, 1.807) is 5.57 Å². The first kappa shape index (κ1) is 45.6. The van der Waals surface area contributed by atoms with Crippen LogP contribution in [0.4, 0.5) is 0 Å². The smallest absolute Gasteiger partial charge is 0.00242 e. The van der Waals surface area contributed by atoms with E-state index >= 15 is 0 Å². The molecule has 0 saturated heterocycles. The third-order valence-electron chi connectivity index (χ3n) is 6.02. The first-order chi connectivity index (χ1) is 19.7. The molecule has 1 aromatic rings. The third-order valence-corrected chi connectivity index (χ3v) is 6.02. The Morgan fingerprint density at radius 1 is 0.585 bits per heavy atom. The summed E-state index contributed by atoms with van der Waals surface area (Å²) >= 11 is 0. The van der Waals surface area contributed by atoms with Crippen molar-refractivity contribution in [3.63, 3.8) is 0 Å². The highest BCUT2D eigenvalue weighted by atomic mass is 14.1. The standard InChI is InChI=1S/C9H12.3C8H12.4C2H6/c1-8(2)9-6-4-3-5-7-9;3*1-7(2)8-5-3-4-6-8;4*1-2/h3-8H,1-2H3;3,5-7H,4H2,1-2H3;3-5,7H,6H2,1-2H3;3-8H,1-2H3;4*1-2H3. The summed E-state index contributed by atoms with van der Waals surface area (Å²) in [4.78, 5) is 0. The Bertz CT molecular complexity index is 808. The van der Waals surface area contributed by atoms with E-state index < -0.39 is 0 Å². The zero-order valence-electron chi connectivity index (χ0n) is 30.5. The Kier molecular flexibility index (Phi) is 37.7. The van der Waals surface area contributed by atoms with Crippen LogP contribution in [0.25, 0.3) is 0 Å². The lowest BCUT2D eigenvalue weighted by atomic mass is 9.98. The second-order valence-electron chi connectivity index (χ2n) is 10.2. The molecule has 0 radical (unpaired) electrons. The lowest BCUT2D eigenvalue weighted by molar-refractivity contribution is 0.555. The van der Waals surface area contributed by atoms with Gasteiger partial charge in [-0.15, -0.1) is 0 Å². The van der Waals surface area contributed by atoms with Crippen molar-refractivity contribution in [3.8, 4) is 0 Å². The van der Waals surface area contributed by atoms with Crippen molar-refractivity contribution >= 4 is 0 Å². The predicted molar refractivity (Wildman–Crippen MR) is 196 cm³/mol. The van der Waals surface area contributed by atoms with Gasteiger partial charge in [0.1, 0.15) is 0 Å². The first-order valence-electron chi connectivity index (χ1n) is 16.8. The van der Waals surface area contributed by atoms with Gasteiger partial charge in [0, 0.05) is 0 Å². The van der Waals surface area contributed by atoms with Crippen LogP contribution >= 0.6 is 0 Å². The lowest BCUT2D eigenvalue weighted by Crippen LogP contribution is -1.98. The van der Waals surface area contributed by atoms with E-state index in [4.69, 9.17) is 0 Å². The van der Waals surface area contributed by atoms with Gasteiger partial charge >= 0.3 is 0 Å². The van der Waals surface area contributed by atoms with E-state index in [2.05, 4.69) is 140 Å². The summed E-state index contributed by atoms with van der Waals surface area (Å²) in [5.41, 5.74) is 4.47. The van der Waals surface area contributed by atoms with Crippen LogP contribution in [-0.2, 0) is 0 Å². The van der Waals surface area contributed by atoms with E-state index in [0.717, 1.165) is 18.3 Å². The van der Waals surface area contributed by atoms with E-state index in [1.807, 2.05) is 61.5 Å². The minimum Gasteiger partial charge on any atom is -0.0805 e. The molecular weight excluding hydrogens is 492 g/mol. The van der Waals surface area contributed by atoms with E-state index in [-0.39, 0.29) is 0 Å². The third kappa shape index (κ3) is 26.3. The maximum atomic E-state index is 2.28. The van der Waals surface area contributed by atoms with Gasteiger partial charge in [-0.2, -0.15) is 0 Å². The fourth-order valence-electron chi connectivity index (χ4n) is 3.53. The maximum absolute atomic E-state index is 2.28. The molecule has 3 aliphatic carbocycles. The molecule has 3 aliphatic rings. The molecule has 0 spiro atoms. The number of hydrogen-bond acceptors (Lipinski definition) is 0. The highest BCUT2D eigenvalue weighted by molar-refractivity contribution is 5.27. The molecule has 41 heavy (non-hydrogen) atoms. The molecule has 0 saturated carbocycles. The molecule has 4 rings (SSSR count). The molecule has 0 heterocycles. The Hall–Kier alpha value is -2.34. The molecule has 0 aromatic heterocycles. The fourth-order valence-corrected chi connectivity index (χ4v) is 3.53. The van der Waals surface area contributed by atoms with Crippen LogP contribution in [0.5, 0.6) is 0 Å². The zero-order chi connectivity index (χ0) is 32.6. The summed E-state index contributed by atoms with van der Waals surface area (Å²) in [6.45, 7) is 33.8. The van der Waals surface area contributed by atoms with Gasteiger partial charge < -0.3 is 0 Å². The van der Waals surface area contributed by atoms with Crippen LogP contribution < -0.4 is 0 Å². The maximum Gasteiger partial charge on any atom is -0.00242 e. The van der Waals surface area contributed by atoms with E-state index in [1.165, 1.54) is 17.6 Å². The number of hydrogen-bond donors (Lipinski definition) is 0. The molecule has 0 amide bonds. The second-order valence-corrected chi connectivity index (χ2v) is 10.2. The molecule has 0 nitrogen and oxygen atoms in total. The minimum atomic E-state index is 0.659. The van der Waals surface area contributed by atoms with Crippen LogP contribution in [-0.4, -0.2) is 0 Å². The topological polar surface area (TPSA) is 0 Å². The molecular formula is C41H72. The van der Waals surface area contributed by atoms with E-state index in [9.17, 15) is 0 Å². The monoisotopic (exact) mass is 565 g/mol. The quantitative estimate of drug-likeness (QED) is 0.341. The SMILES string of the molecule is CC.CC.CC.CC.CC(C)C1=CC=CC1.CC(C)C1=CCC=C1.CC(C)C1C=CC=C1.CC(C)c1ccccc1. The summed E-state index contributed by atoms with van der Waals surface area (Å²) in [6.07, 6.45) is 24.3. The summed E-state index contributed by atoms with van der Waals surface area (Å²) in [5, 5.41) is 0. The van der Waals surface area contributed by atoms with Crippen molar-refractivity contribution < 1.29 is 0 Å². The summed E-state index contributed by atoms with van der Waals surface area (Å²) in [5.74, 6) is 3.59. The van der Waals surface area contributed by atoms with Gasteiger partial charge in [-0.1, -0.05) is 207 Å². The molecule has 0 atom stereocenters. The largest absolute Gasteiger partial charge is 0.0805 e. The van der Waals surface area contributed by atoms with Gasteiger partial charge in [-0.25, -0.2) is 0 Å². The van der Waals surface area contributed by atoms with Crippen molar-refractivity contribution in [2.75, 3.05) is 0 Å². The number of rotatable bonds is 4. The highest BCUT2D eigenvalue weighted by Crippen LogP contribution is 2.19. The van der Waals surface area contributed by atoms with Crippen LogP contribution in [0.2, 0.25) is 0 Å². The Labute approximate surface area is 260 Å². The normalized spacial score (nSPS) is 13.4. The zero-order valence-corrected chi connectivity index (χ0v) is 30.5. The summed E-state index contributed by atoms with van der Waals surface area (Å²) in [7, 11) is 0. The lowest BCUT2D eigenvalue weighted by Gasteiger charge is -2.07. The Morgan fingerprint density at radius 3 is 1.32 bits per heavy atom. The van der Waals surface area contributed by atoms with Crippen molar-refractivity contribution in [1.29, 1.82) is 0 Å². The van der Waals surface area contributed by atoms with E-state index in [0.29, 0.717) is 17.8 Å². The predicted octanol–water partition coefficient (Wildman–Crippen LogP) is 14.4. The molecule has 236 valence electrons. The molecule has 0 heteroatoms. The molecule has 0 aliphatic heterocycles. The van der Waals surface area contributed by atoms with Gasteiger partial charge in [0.05, 0.1) is 0 Å². The van der Waals surface area contributed by atoms with Gasteiger partial charge in [0.15, 0.2) is 0 Å².